The summed E-state index contributed by atoms with van der Waals surface area (Å²) in [6, 6.07) is 13.9. The molecule has 0 radical (unpaired) electrons. The Morgan fingerprint density at radius 3 is 2.37 bits per heavy atom. The van der Waals surface area contributed by atoms with Gasteiger partial charge in [0, 0.05) is 5.56 Å². The number of ketones is 2. The van der Waals surface area contributed by atoms with Crippen LogP contribution >= 0.6 is 0 Å². The van der Waals surface area contributed by atoms with E-state index in [1.807, 2.05) is 24.3 Å². The summed E-state index contributed by atoms with van der Waals surface area (Å²) < 4.78 is 1.61. The van der Waals surface area contributed by atoms with Crippen LogP contribution in [0, 0.1) is 0 Å². The Hall–Kier alpha value is -3.80. The molecule has 0 amide bonds. The molecule has 3 aromatic rings. The van der Waals surface area contributed by atoms with Gasteiger partial charge in [0.2, 0.25) is 0 Å². The second-order valence-corrected chi connectivity index (χ2v) is 5.77. The van der Waals surface area contributed by atoms with E-state index in [0.717, 1.165) is 16.8 Å². The number of para-hydroxylation sites is 1. The lowest BCUT2D eigenvalue weighted by atomic mass is 10.1. The molecule has 1 aromatic heterocycles. The van der Waals surface area contributed by atoms with E-state index in [9.17, 15) is 14.7 Å². The molecular formula is C21H17N3O3. The number of carbonyl (C=O) groups is 2. The highest BCUT2D eigenvalue weighted by molar-refractivity contribution is 6.11. The number of nitrogens with zero attached hydrogens (tertiary/aromatic N) is 3. The Morgan fingerprint density at radius 1 is 0.963 bits per heavy atom. The largest absolute Gasteiger partial charge is 0.508 e. The Kier molecular flexibility index (Phi) is 5.69. The molecule has 2 aromatic carbocycles. The minimum absolute atomic E-state index is 0.157. The molecule has 1 N–H and O–H groups in total. The molecule has 6 nitrogen and oxygen atoms in total. The first-order chi connectivity index (χ1) is 13.1. The predicted molar refractivity (Wildman–Crippen MR) is 102 cm³/mol. The van der Waals surface area contributed by atoms with Crippen LogP contribution in [0.25, 0.3) is 17.8 Å². The van der Waals surface area contributed by atoms with Crippen LogP contribution in [-0.2, 0) is 9.59 Å². The van der Waals surface area contributed by atoms with Crippen LogP contribution in [0.4, 0.5) is 0 Å². The van der Waals surface area contributed by atoms with Gasteiger partial charge in [0.25, 0.3) is 0 Å². The molecule has 0 spiro atoms. The maximum atomic E-state index is 12.1. The van der Waals surface area contributed by atoms with Gasteiger partial charge in [-0.2, -0.15) is 5.10 Å². The number of aromatic nitrogens is 3. The van der Waals surface area contributed by atoms with Crippen LogP contribution in [-0.4, -0.2) is 31.4 Å². The number of rotatable bonds is 7. The summed E-state index contributed by atoms with van der Waals surface area (Å²) in [7, 11) is 0. The van der Waals surface area contributed by atoms with Crippen molar-refractivity contribution >= 4 is 23.7 Å². The van der Waals surface area contributed by atoms with E-state index in [1.54, 1.807) is 35.3 Å². The standard InChI is InChI=1S/C21H17N3O3/c25-18-9-5-16(6-10-18)7-11-19(26)13-20(27)12-8-17-3-1-2-4-21(17)24-15-22-14-23-24/h1-12,14-15,25H,13H2. The van der Waals surface area contributed by atoms with Gasteiger partial charge in [-0.05, 0) is 42.0 Å². The summed E-state index contributed by atoms with van der Waals surface area (Å²) in [5, 5.41) is 13.3. The molecule has 6 heteroatoms. The van der Waals surface area contributed by atoms with Gasteiger partial charge in [0.05, 0.1) is 12.1 Å². The second kappa shape index (κ2) is 8.53. The van der Waals surface area contributed by atoms with Crippen LogP contribution in [0.5, 0.6) is 5.75 Å². The average Bonchev–Trinajstić information content (AvgIpc) is 3.21. The van der Waals surface area contributed by atoms with Crippen LogP contribution in [0.3, 0.4) is 0 Å². The molecule has 3 rings (SSSR count). The minimum atomic E-state index is -0.290. The van der Waals surface area contributed by atoms with Crippen molar-refractivity contribution in [1.29, 1.82) is 0 Å². The highest BCUT2D eigenvalue weighted by Crippen LogP contribution is 2.15. The van der Waals surface area contributed by atoms with E-state index >= 15 is 0 Å². The number of hydrogen-bond acceptors (Lipinski definition) is 5. The van der Waals surface area contributed by atoms with Crippen molar-refractivity contribution in [2.75, 3.05) is 0 Å². The topological polar surface area (TPSA) is 85.1 Å². The first-order valence-electron chi connectivity index (χ1n) is 8.27. The van der Waals surface area contributed by atoms with E-state index in [2.05, 4.69) is 10.1 Å². The van der Waals surface area contributed by atoms with Gasteiger partial charge in [0.1, 0.15) is 18.4 Å². The fraction of sp³-hybridized carbons (Fsp3) is 0.0476. The van der Waals surface area contributed by atoms with Crippen LogP contribution in [0.2, 0.25) is 0 Å². The zero-order valence-corrected chi connectivity index (χ0v) is 14.4. The van der Waals surface area contributed by atoms with E-state index in [1.165, 1.54) is 30.6 Å². The number of aromatic hydroxyl groups is 1. The summed E-state index contributed by atoms with van der Waals surface area (Å²) in [4.78, 5) is 27.9. The summed E-state index contributed by atoms with van der Waals surface area (Å²) in [5.41, 5.74) is 2.35. The third-order valence-electron chi connectivity index (χ3n) is 3.75. The van der Waals surface area contributed by atoms with Crippen molar-refractivity contribution in [2.24, 2.45) is 0 Å². The molecule has 0 aliphatic rings. The normalized spacial score (nSPS) is 11.3. The van der Waals surface area contributed by atoms with E-state index < -0.39 is 0 Å². The summed E-state index contributed by atoms with van der Waals surface area (Å²) in [5.74, 6) is -0.420. The SMILES string of the molecule is O=C(C=Cc1ccc(O)cc1)CC(=O)C=Cc1ccccc1-n1cncn1. The van der Waals surface area contributed by atoms with Crippen molar-refractivity contribution in [1.82, 2.24) is 14.8 Å². The molecule has 134 valence electrons. The first-order valence-corrected chi connectivity index (χ1v) is 8.27. The number of allylic oxidation sites excluding steroid dienone is 2. The molecule has 0 atom stereocenters. The number of phenolic OH excluding ortho intramolecular Hbond substituents is 1. The summed E-state index contributed by atoms with van der Waals surface area (Å²) in [6.45, 7) is 0. The van der Waals surface area contributed by atoms with Gasteiger partial charge >= 0.3 is 0 Å². The Bertz CT molecular complexity index is 988. The van der Waals surface area contributed by atoms with Crippen LogP contribution in [0.1, 0.15) is 17.5 Å². The molecule has 1 heterocycles. The summed E-state index contributed by atoms with van der Waals surface area (Å²) in [6.07, 6.45) is 8.83. The smallest absolute Gasteiger partial charge is 0.163 e. The number of phenols is 1. The highest BCUT2D eigenvalue weighted by atomic mass is 16.3. The monoisotopic (exact) mass is 359 g/mol. The Morgan fingerprint density at radius 2 is 1.67 bits per heavy atom. The fourth-order valence-corrected chi connectivity index (χ4v) is 2.42. The lowest BCUT2D eigenvalue weighted by molar-refractivity contribution is -0.121. The maximum absolute atomic E-state index is 12.1. The quantitative estimate of drug-likeness (QED) is 0.517. The number of carbonyl (C=O) groups excluding carboxylic acids is 2. The molecule has 0 saturated carbocycles. The average molecular weight is 359 g/mol. The number of benzene rings is 2. The zero-order valence-electron chi connectivity index (χ0n) is 14.4. The lowest BCUT2D eigenvalue weighted by Gasteiger charge is -2.04. The molecule has 0 unspecified atom stereocenters. The van der Waals surface area contributed by atoms with Crippen LogP contribution < -0.4 is 0 Å². The first kappa shape index (κ1) is 18.0. The number of hydrogen-bond donors (Lipinski definition) is 1. The van der Waals surface area contributed by atoms with Gasteiger partial charge in [-0.15, -0.1) is 0 Å². The van der Waals surface area contributed by atoms with E-state index in [-0.39, 0.29) is 23.7 Å². The van der Waals surface area contributed by atoms with Gasteiger partial charge in [-0.3, -0.25) is 9.59 Å². The Balaban J connectivity index is 1.62. The van der Waals surface area contributed by atoms with Crippen molar-refractivity contribution < 1.29 is 14.7 Å². The molecule has 0 aliphatic heterocycles. The molecule has 0 bridgehead atoms. The Labute approximate surface area is 156 Å². The van der Waals surface area contributed by atoms with Crippen molar-refractivity contribution in [3.63, 3.8) is 0 Å². The maximum Gasteiger partial charge on any atom is 0.163 e. The van der Waals surface area contributed by atoms with Gasteiger partial charge in [-0.25, -0.2) is 9.67 Å². The summed E-state index contributed by atoms with van der Waals surface area (Å²) >= 11 is 0. The third-order valence-corrected chi connectivity index (χ3v) is 3.75. The molecule has 0 saturated heterocycles. The zero-order chi connectivity index (χ0) is 19.1. The van der Waals surface area contributed by atoms with E-state index in [4.69, 9.17) is 0 Å². The van der Waals surface area contributed by atoms with Gasteiger partial charge < -0.3 is 5.11 Å². The molecule has 0 fully saturated rings. The molecular weight excluding hydrogens is 342 g/mol. The lowest BCUT2D eigenvalue weighted by Crippen LogP contribution is -2.02. The highest BCUT2D eigenvalue weighted by Gasteiger charge is 2.06. The van der Waals surface area contributed by atoms with Crippen LogP contribution in [0.15, 0.2) is 73.3 Å². The van der Waals surface area contributed by atoms with Gasteiger partial charge in [0.15, 0.2) is 11.6 Å². The van der Waals surface area contributed by atoms with Gasteiger partial charge in [-0.1, -0.05) is 36.4 Å². The minimum Gasteiger partial charge on any atom is -0.508 e. The predicted octanol–water partition coefficient (Wildman–Crippen LogP) is 3.23. The van der Waals surface area contributed by atoms with E-state index in [0.29, 0.717) is 0 Å². The third kappa shape index (κ3) is 5.09. The second-order valence-electron chi connectivity index (χ2n) is 5.77. The fourth-order valence-electron chi connectivity index (χ4n) is 2.42. The van der Waals surface area contributed by atoms with Crippen molar-refractivity contribution in [2.45, 2.75) is 6.42 Å². The van der Waals surface area contributed by atoms with Crippen molar-refractivity contribution in [3.05, 3.63) is 84.5 Å². The molecule has 27 heavy (non-hydrogen) atoms. The van der Waals surface area contributed by atoms with Crippen molar-refractivity contribution in [3.8, 4) is 11.4 Å². The molecule has 0 aliphatic carbocycles.